The van der Waals surface area contributed by atoms with Crippen LogP contribution in [0.3, 0.4) is 0 Å². The highest BCUT2D eigenvalue weighted by Crippen LogP contribution is 2.30. The highest BCUT2D eigenvalue weighted by Gasteiger charge is 2.19. The maximum atomic E-state index is 13.7. The molecule has 19 heavy (non-hydrogen) atoms. The molecule has 1 atom stereocenters. The molecule has 104 valence electrons. The Morgan fingerprint density at radius 2 is 2.42 bits per heavy atom. The molecule has 1 unspecified atom stereocenters. The number of rotatable bonds is 5. The van der Waals surface area contributed by atoms with Crippen molar-refractivity contribution in [2.75, 3.05) is 18.6 Å². The van der Waals surface area contributed by atoms with Crippen LogP contribution in [0.15, 0.2) is 12.1 Å². The molecule has 1 aliphatic heterocycles. The lowest BCUT2D eigenvalue weighted by Crippen LogP contribution is -2.37. The predicted molar refractivity (Wildman–Crippen MR) is 68.6 cm³/mol. The zero-order valence-corrected chi connectivity index (χ0v) is 11.1. The first-order chi connectivity index (χ1) is 9.11. The normalized spacial score (nSPS) is 14.5. The SMILES string of the molecule is CCOC(=O)C(Cl)NNc1cc2c(cc1F)OCC2. The van der Waals surface area contributed by atoms with E-state index in [0.29, 0.717) is 12.4 Å². The molecule has 1 aromatic carbocycles. The average molecular weight is 289 g/mol. The molecule has 2 N–H and O–H groups in total. The Balaban J connectivity index is 1.98. The van der Waals surface area contributed by atoms with Crippen molar-refractivity contribution in [1.82, 2.24) is 5.43 Å². The molecular weight excluding hydrogens is 275 g/mol. The van der Waals surface area contributed by atoms with E-state index < -0.39 is 17.3 Å². The van der Waals surface area contributed by atoms with Crippen LogP contribution in [0, 0.1) is 5.82 Å². The Labute approximate surface area is 115 Å². The van der Waals surface area contributed by atoms with Crippen molar-refractivity contribution in [2.24, 2.45) is 0 Å². The zero-order valence-electron chi connectivity index (χ0n) is 10.3. The molecule has 0 bridgehead atoms. The number of hydrogen-bond acceptors (Lipinski definition) is 5. The second-order valence-corrected chi connectivity index (χ2v) is 4.36. The van der Waals surface area contributed by atoms with E-state index in [2.05, 4.69) is 10.9 Å². The van der Waals surface area contributed by atoms with Gasteiger partial charge in [0.1, 0.15) is 5.75 Å². The van der Waals surface area contributed by atoms with Crippen LogP contribution in [0.5, 0.6) is 5.75 Å². The maximum absolute atomic E-state index is 13.7. The van der Waals surface area contributed by atoms with Crippen LogP contribution in [0.25, 0.3) is 0 Å². The van der Waals surface area contributed by atoms with Gasteiger partial charge >= 0.3 is 5.97 Å². The number of hydrazine groups is 1. The van der Waals surface area contributed by atoms with Gasteiger partial charge in [0, 0.05) is 12.5 Å². The smallest absolute Gasteiger partial charge is 0.340 e. The molecule has 2 rings (SSSR count). The third-order valence-corrected chi connectivity index (χ3v) is 2.89. The Kier molecular flexibility index (Phi) is 4.44. The van der Waals surface area contributed by atoms with Crippen molar-refractivity contribution in [1.29, 1.82) is 0 Å². The highest BCUT2D eigenvalue weighted by molar-refractivity contribution is 6.29. The van der Waals surface area contributed by atoms with Crippen molar-refractivity contribution in [3.05, 3.63) is 23.5 Å². The van der Waals surface area contributed by atoms with Gasteiger partial charge in [-0.2, -0.15) is 0 Å². The number of hydrogen-bond donors (Lipinski definition) is 2. The van der Waals surface area contributed by atoms with Crippen LogP contribution >= 0.6 is 11.6 Å². The first-order valence-corrected chi connectivity index (χ1v) is 6.33. The van der Waals surface area contributed by atoms with Crippen molar-refractivity contribution in [2.45, 2.75) is 18.8 Å². The lowest BCUT2D eigenvalue weighted by atomic mass is 10.1. The van der Waals surface area contributed by atoms with Gasteiger partial charge in [0.05, 0.1) is 18.9 Å². The summed E-state index contributed by atoms with van der Waals surface area (Å²) in [6.07, 6.45) is 0.729. The molecular formula is C12H14ClFN2O3. The van der Waals surface area contributed by atoms with E-state index in [0.717, 1.165) is 12.0 Å². The Morgan fingerprint density at radius 1 is 1.63 bits per heavy atom. The summed E-state index contributed by atoms with van der Waals surface area (Å²) >= 11 is 5.73. The fourth-order valence-electron chi connectivity index (χ4n) is 1.71. The van der Waals surface area contributed by atoms with Crippen LogP contribution in [0.4, 0.5) is 10.1 Å². The molecule has 1 heterocycles. The summed E-state index contributed by atoms with van der Waals surface area (Å²) in [5, 5.41) is 0. The molecule has 0 aliphatic carbocycles. The van der Waals surface area contributed by atoms with Gasteiger partial charge in [0.15, 0.2) is 11.3 Å². The molecule has 1 aliphatic rings. The van der Waals surface area contributed by atoms with Crippen LogP contribution < -0.4 is 15.6 Å². The molecule has 0 saturated heterocycles. The monoisotopic (exact) mass is 288 g/mol. The number of nitrogens with one attached hydrogen (secondary N) is 2. The van der Waals surface area contributed by atoms with Gasteiger partial charge in [0.2, 0.25) is 0 Å². The number of carbonyl (C=O) groups is 1. The van der Waals surface area contributed by atoms with Gasteiger partial charge in [-0.15, -0.1) is 0 Å². The lowest BCUT2D eigenvalue weighted by molar-refractivity contribution is -0.143. The number of halogens is 2. The number of anilines is 1. The largest absolute Gasteiger partial charge is 0.493 e. The summed E-state index contributed by atoms with van der Waals surface area (Å²) in [7, 11) is 0. The maximum Gasteiger partial charge on any atom is 0.340 e. The van der Waals surface area contributed by atoms with Crippen molar-refractivity contribution in [3.8, 4) is 5.75 Å². The molecule has 0 fully saturated rings. The fourth-order valence-corrected chi connectivity index (χ4v) is 1.83. The molecule has 0 saturated carbocycles. The molecule has 5 nitrogen and oxygen atoms in total. The number of fused-ring (bicyclic) bond motifs is 1. The van der Waals surface area contributed by atoms with E-state index >= 15 is 0 Å². The molecule has 0 spiro atoms. The Bertz CT molecular complexity index is 484. The number of benzene rings is 1. The van der Waals surface area contributed by atoms with E-state index in [1.807, 2.05) is 0 Å². The van der Waals surface area contributed by atoms with Crippen molar-refractivity contribution < 1.29 is 18.7 Å². The first-order valence-electron chi connectivity index (χ1n) is 5.89. The first kappa shape index (κ1) is 13.9. The summed E-state index contributed by atoms with van der Waals surface area (Å²) < 4.78 is 23.7. The van der Waals surface area contributed by atoms with E-state index in [1.54, 1.807) is 13.0 Å². The van der Waals surface area contributed by atoms with Crippen LogP contribution in [0.2, 0.25) is 0 Å². The van der Waals surface area contributed by atoms with E-state index in [-0.39, 0.29) is 12.3 Å². The Morgan fingerprint density at radius 3 is 3.16 bits per heavy atom. The number of carbonyl (C=O) groups excluding carboxylic acids is 1. The van der Waals surface area contributed by atoms with E-state index in [4.69, 9.17) is 21.1 Å². The lowest BCUT2D eigenvalue weighted by Gasteiger charge is -2.14. The summed E-state index contributed by atoms with van der Waals surface area (Å²) in [6.45, 7) is 2.45. The molecule has 0 amide bonds. The topological polar surface area (TPSA) is 59.6 Å². The van der Waals surface area contributed by atoms with Crippen molar-refractivity contribution in [3.63, 3.8) is 0 Å². The molecule has 7 heteroatoms. The summed E-state index contributed by atoms with van der Waals surface area (Å²) in [6, 6.07) is 2.93. The second-order valence-electron chi connectivity index (χ2n) is 3.92. The summed E-state index contributed by atoms with van der Waals surface area (Å²) in [4.78, 5) is 11.3. The summed E-state index contributed by atoms with van der Waals surface area (Å²) in [5.41, 5.74) is 5.07. The second kappa shape index (κ2) is 6.08. The minimum absolute atomic E-state index is 0.208. The van der Waals surface area contributed by atoms with Gasteiger partial charge in [-0.05, 0) is 18.6 Å². The average Bonchev–Trinajstić information content (AvgIpc) is 2.82. The van der Waals surface area contributed by atoms with Crippen LogP contribution in [-0.2, 0) is 16.0 Å². The minimum Gasteiger partial charge on any atom is -0.493 e. The van der Waals surface area contributed by atoms with Gasteiger partial charge in [-0.1, -0.05) is 11.6 Å². The van der Waals surface area contributed by atoms with Gasteiger partial charge < -0.3 is 14.9 Å². The molecule has 0 radical (unpaired) electrons. The van der Waals surface area contributed by atoms with Crippen LogP contribution in [0.1, 0.15) is 12.5 Å². The standard InChI is InChI=1S/C12H14ClFN2O3/c1-2-18-12(17)11(13)16-15-9-5-7-3-4-19-10(7)6-8(9)14/h5-6,11,15-16H,2-4H2,1H3. The van der Waals surface area contributed by atoms with Gasteiger partial charge in [0.25, 0.3) is 0 Å². The highest BCUT2D eigenvalue weighted by atomic mass is 35.5. The fraction of sp³-hybridized carbons (Fsp3) is 0.417. The van der Waals surface area contributed by atoms with E-state index in [9.17, 15) is 9.18 Å². The third kappa shape index (κ3) is 3.27. The summed E-state index contributed by atoms with van der Waals surface area (Å²) in [5.74, 6) is -0.557. The van der Waals surface area contributed by atoms with Gasteiger partial charge in [-0.25, -0.2) is 14.6 Å². The predicted octanol–water partition coefficient (Wildman–Crippen LogP) is 1.81. The molecule has 0 aromatic heterocycles. The van der Waals surface area contributed by atoms with E-state index in [1.165, 1.54) is 6.07 Å². The number of alkyl halides is 1. The van der Waals surface area contributed by atoms with Crippen LogP contribution in [-0.4, -0.2) is 24.7 Å². The Hall–Kier alpha value is -1.53. The van der Waals surface area contributed by atoms with Crippen molar-refractivity contribution >= 4 is 23.3 Å². The third-order valence-electron chi connectivity index (χ3n) is 2.61. The molecule has 1 aromatic rings. The quantitative estimate of drug-likeness (QED) is 0.374. The number of esters is 1. The number of ether oxygens (including phenoxy) is 2. The minimum atomic E-state index is -1.09. The van der Waals surface area contributed by atoms with Gasteiger partial charge in [-0.3, -0.25) is 0 Å². The zero-order chi connectivity index (χ0) is 13.8.